The van der Waals surface area contributed by atoms with Crippen LogP contribution < -0.4 is 5.32 Å². The van der Waals surface area contributed by atoms with Crippen molar-refractivity contribution in [3.63, 3.8) is 0 Å². The molecule has 2 aliphatic heterocycles. The molecule has 2 fully saturated rings. The van der Waals surface area contributed by atoms with Crippen LogP contribution in [0, 0.1) is 0 Å². The van der Waals surface area contributed by atoms with Crippen LogP contribution in [0.1, 0.15) is 25.1 Å². The van der Waals surface area contributed by atoms with Gasteiger partial charge in [0.15, 0.2) is 9.84 Å². The minimum atomic E-state index is -2.86. The van der Waals surface area contributed by atoms with Gasteiger partial charge in [-0.05, 0) is 25.5 Å². The second-order valence-electron chi connectivity index (χ2n) is 7.84. The third-order valence-electron chi connectivity index (χ3n) is 5.75. The maximum atomic E-state index is 12.4. The lowest BCUT2D eigenvalue weighted by Gasteiger charge is -2.37. The summed E-state index contributed by atoms with van der Waals surface area (Å²) < 4.78 is 29.2. The molecule has 0 bridgehead atoms. The lowest BCUT2D eigenvalue weighted by atomic mass is 10.2. The number of carbonyl (C=O) groups is 1. The van der Waals surface area contributed by atoms with Gasteiger partial charge in [0.05, 0.1) is 24.1 Å². The Bertz CT molecular complexity index is 914. The minimum Gasteiger partial charge on any atom is -0.459 e. The Kier molecular flexibility index (Phi) is 5.44. The number of para-hydroxylation sites is 1. The molecule has 0 saturated carbocycles. The second-order valence-corrected chi connectivity index (χ2v) is 10.1. The Morgan fingerprint density at radius 3 is 2.68 bits per heavy atom. The van der Waals surface area contributed by atoms with Gasteiger partial charge < -0.3 is 9.73 Å². The topological polar surface area (TPSA) is 82.9 Å². The number of nitrogens with one attached hydrogen (secondary N) is 1. The molecule has 0 spiro atoms. The summed E-state index contributed by atoms with van der Waals surface area (Å²) in [5, 5.41) is 4.05. The van der Waals surface area contributed by atoms with Crippen LogP contribution in [0.3, 0.4) is 0 Å². The highest BCUT2D eigenvalue weighted by atomic mass is 32.2. The molecule has 1 aromatic carbocycles. The first kappa shape index (κ1) is 19.4. The molecule has 2 aromatic rings. The van der Waals surface area contributed by atoms with E-state index in [1.807, 2.05) is 37.3 Å². The standard InChI is InChI=1S/C20H27N3O4S/c1-15(19-12-16-4-2-3-5-18(16)27-19)21-20(24)13-22-7-9-23(10-8-22)17-6-11-28(25,26)14-17/h2-5,12,15,17H,6-11,13-14H2,1H3,(H,21,24)/t15-,17+/m0/s1. The van der Waals surface area contributed by atoms with E-state index < -0.39 is 9.84 Å². The van der Waals surface area contributed by atoms with Gasteiger partial charge in [0.25, 0.3) is 0 Å². The van der Waals surface area contributed by atoms with E-state index in [4.69, 9.17) is 4.42 Å². The van der Waals surface area contributed by atoms with Gasteiger partial charge in [-0.2, -0.15) is 0 Å². The number of piperazine rings is 1. The Balaban J connectivity index is 1.25. The monoisotopic (exact) mass is 405 g/mol. The van der Waals surface area contributed by atoms with Crippen molar-refractivity contribution in [1.29, 1.82) is 0 Å². The number of hydrogen-bond donors (Lipinski definition) is 1. The molecule has 1 aromatic heterocycles. The van der Waals surface area contributed by atoms with Crippen LogP contribution in [0.15, 0.2) is 34.7 Å². The SMILES string of the molecule is C[C@H](NC(=O)CN1CCN([C@@H]2CCS(=O)(=O)C2)CC1)c1cc2ccccc2o1. The predicted octanol–water partition coefficient (Wildman–Crippen LogP) is 1.41. The molecule has 2 aliphatic rings. The molecule has 4 rings (SSSR count). The van der Waals surface area contributed by atoms with Crippen LogP contribution in [0.25, 0.3) is 11.0 Å². The molecule has 0 radical (unpaired) electrons. The number of nitrogens with zero attached hydrogens (tertiary/aromatic N) is 2. The molecule has 152 valence electrons. The van der Waals surface area contributed by atoms with Crippen LogP contribution in [0.2, 0.25) is 0 Å². The van der Waals surface area contributed by atoms with Crippen molar-refractivity contribution in [3.05, 3.63) is 36.1 Å². The molecule has 7 nitrogen and oxygen atoms in total. The first-order valence-corrected chi connectivity index (χ1v) is 11.7. The summed E-state index contributed by atoms with van der Waals surface area (Å²) in [5.41, 5.74) is 0.823. The summed E-state index contributed by atoms with van der Waals surface area (Å²) in [5.74, 6) is 1.31. The van der Waals surface area contributed by atoms with Gasteiger partial charge in [-0.1, -0.05) is 18.2 Å². The number of furan rings is 1. The van der Waals surface area contributed by atoms with Crippen LogP contribution in [0.4, 0.5) is 0 Å². The van der Waals surface area contributed by atoms with E-state index in [0.717, 1.165) is 49.3 Å². The minimum absolute atomic E-state index is 0.0233. The normalized spacial score (nSPS) is 24.4. The van der Waals surface area contributed by atoms with Crippen LogP contribution in [-0.4, -0.2) is 74.4 Å². The maximum Gasteiger partial charge on any atom is 0.234 e. The zero-order valence-corrected chi connectivity index (χ0v) is 17.0. The van der Waals surface area contributed by atoms with E-state index in [1.165, 1.54) is 0 Å². The van der Waals surface area contributed by atoms with Crippen molar-refractivity contribution in [2.45, 2.75) is 25.4 Å². The molecular formula is C20H27N3O4S. The van der Waals surface area contributed by atoms with Crippen molar-refractivity contribution < 1.29 is 17.6 Å². The molecule has 2 atom stereocenters. The summed E-state index contributed by atoms with van der Waals surface area (Å²) in [7, 11) is -2.86. The predicted molar refractivity (Wildman–Crippen MR) is 108 cm³/mol. The summed E-state index contributed by atoms with van der Waals surface area (Å²) >= 11 is 0. The molecule has 1 amide bonds. The third-order valence-corrected chi connectivity index (χ3v) is 7.50. The first-order valence-electron chi connectivity index (χ1n) is 9.84. The average Bonchev–Trinajstić information content (AvgIpc) is 3.25. The number of fused-ring (bicyclic) bond motifs is 1. The Morgan fingerprint density at radius 2 is 2.00 bits per heavy atom. The maximum absolute atomic E-state index is 12.4. The van der Waals surface area contributed by atoms with Crippen molar-refractivity contribution in [2.24, 2.45) is 0 Å². The van der Waals surface area contributed by atoms with Gasteiger partial charge in [-0.3, -0.25) is 14.6 Å². The van der Waals surface area contributed by atoms with Crippen molar-refractivity contribution in [2.75, 3.05) is 44.2 Å². The molecule has 8 heteroatoms. The van der Waals surface area contributed by atoms with Crippen LogP contribution >= 0.6 is 0 Å². The van der Waals surface area contributed by atoms with Gasteiger partial charge in [-0.25, -0.2) is 8.42 Å². The molecule has 0 unspecified atom stereocenters. The zero-order chi connectivity index (χ0) is 19.7. The fourth-order valence-corrected chi connectivity index (χ4v) is 5.89. The van der Waals surface area contributed by atoms with Crippen LogP contribution in [-0.2, 0) is 14.6 Å². The van der Waals surface area contributed by atoms with Gasteiger partial charge >= 0.3 is 0 Å². The van der Waals surface area contributed by atoms with E-state index in [0.29, 0.717) is 12.3 Å². The lowest BCUT2D eigenvalue weighted by molar-refractivity contribution is -0.123. The molecular weight excluding hydrogens is 378 g/mol. The number of rotatable bonds is 5. The lowest BCUT2D eigenvalue weighted by Crippen LogP contribution is -2.52. The number of carbonyl (C=O) groups excluding carboxylic acids is 1. The summed E-state index contributed by atoms with van der Waals surface area (Å²) in [6, 6.07) is 9.73. The largest absolute Gasteiger partial charge is 0.459 e. The molecule has 3 heterocycles. The third kappa shape index (κ3) is 4.39. The van der Waals surface area contributed by atoms with Crippen molar-refractivity contribution >= 4 is 26.7 Å². The molecule has 2 saturated heterocycles. The van der Waals surface area contributed by atoms with Crippen molar-refractivity contribution in [3.8, 4) is 0 Å². The van der Waals surface area contributed by atoms with Gasteiger partial charge in [0.2, 0.25) is 5.91 Å². The number of sulfone groups is 1. The number of amides is 1. The van der Waals surface area contributed by atoms with Gasteiger partial charge in [0, 0.05) is 37.6 Å². The summed E-state index contributed by atoms with van der Waals surface area (Å²) in [4.78, 5) is 16.8. The smallest absolute Gasteiger partial charge is 0.234 e. The van der Waals surface area contributed by atoms with Gasteiger partial charge in [0.1, 0.15) is 11.3 Å². The van der Waals surface area contributed by atoms with E-state index in [2.05, 4.69) is 15.1 Å². The van der Waals surface area contributed by atoms with E-state index in [-0.39, 0.29) is 23.7 Å². The number of benzene rings is 1. The van der Waals surface area contributed by atoms with E-state index in [1.54, 1.807) is 0 Å². The zero-order valence-electron chi connectivity index (χ0n) is 16.1. The van der Waals surface area contributed by atoms with Crippen LogP contribution in [0.5, 0.6) is 0 Å². The van der Waals surface area contributed by atoms with Gasteiger partial charge in [-0.15, -0.1) is 0 Å². The molecule has 1 N–H and O–H groups in total. The fraction of sp³-hybridized carbons (Fsp3) is 0.550. The molecule has 0 aliphatic carbocycles. The first-order chi connectivity index (χ1) is 13.4. The quantitative estimate of drug-likeness (QED) is 0.810. The summed E-state index contributed by atoms with van der Waals surface area (Å²) in [6.07, 6.45) is 0.734. The summed E-state index contributed by atoms with van der Waals surface area (Å²) in [6.45, 7) is 5.46. The van der Waals surface area contributed by atoms with Crippen molar-refractivity contribution in [1.82, 2.24) is 15.1 Å². The Morgan fingerprint density at radius 1 is 1.25 bits per heavy atom. The Hall–Kier alpha value is -1.90. The highest BCUT2D eigenvalue weighted by Gasteiger charge is 2.33. The Labute approximate surface area is 165 Å². The number of hydrogen-bond acceptors (Lipinski definition) is 6. The highest BCUT2D eigenvalue weighted by Crippen LogP contribution is 2.23. The fourth-order valence-electron chi connectivity index (χ4n) is 4.13. The highest BCUT2D eigenvalue weighted by molar-refractivity contribution is 7.91. The average molecular weight is 406 g/mol. The second kappa shape index (κ2) is 7.85. The molecule has 28 heavy (non-hydrogen) atoms. The van der Waals surface area contributed by atoms with E-state index in [9.17, 15) is 13.2 Å². The van der Waals surface area contributed by atoms with E-state index >= 15 is 0 Å².